The molecule has 1 aromatic carbocycles. The fraction of sp³-hybridized carbons (Fsp3) is 0.250. The van der Waals surface area contributed by atoms with Crippen molar-refractivity contribution in [1.29, 1.82) is 0 Å². The van der Waals surface area contributed by atoms with E-state index in [9.17, 15) is 13.6 Å². The van der Waals surface area contributed by atoms with Crippen LogP contribution >= 0.6 is 23.5 Å². The van der Waals surface area contributed by atoms with Crippen molar-refractivity contribution in [2.24, 2.45) is 0 Å². The summed E-state index contributed by atoms with van der Waals surface area (Å²) in [4.78, 5) is 0. The molecule has 1 rings (SSSR count). The molecular formula is C8H8BrF2O3P. The lowest BCUT2D eigenvalue weighted by Crippen LogP contribution is -1.90. The molecule has 7 heteroatoms. The molecule has 3 nitrogen and oxygen atoms in total. The highest BCUT2D eigenvalue weighted by atomic mass is 79.9. The van der Waals surface area contributed by atoms with Crippen LogP contribution in [0.15, 0.2) is 24.3 Å². The summed E-state index contributed by atoms with van der Waals surface area (Å²) in [7, 11) is -4.27. The van der Waals surface area contributed by atoms with Gasteiger partial charge in [0, 0.05) is 5.33 Å². The maximum Gasteiger partial charge on any atom is 0.399 e. The van der Waals surface area contributed by atoms with E-state index in [-0.39, 0.29) is 0 Å². The number of hydrogen-bond donors (Lipinski definition) is 0. The van der Waals surface area contributed by atoms with Gasteiger partial charge in [0.15, 0.2) is 0 Å². The average Bonchev–Trinajstić information content (AvgIpc) is 2.30. The molecule has 0 N–H and O–H groups in total. The van der Waals surface area contributed by atoms with Crippen molar-refractivity contribution in [3.63, 3.8) is 0 Å². The molecule has 15 heavy (non-hydrogen) atoms. The Morgan fingerprint density at radius 3 is 2.00 bits per heavy atom. The van der Waals surface area contributed by atoms with Crippen molar-refractivity contribution in [1.82, 2.24) is 0 Å². The number of rotatable bonds is 5. The first-order valence-electron chi connectivity index (χ1n) is 3.97. The van der Waals surface area contributed by atoms with Gasteiger partial charge >= 0.3 is 7.60 Å². The van der Waals surface area contributed by atoms with Crippen molar-refractivity contribution in [2.75, 3.05) is 0 Å². The van der Waals surface area contributed by atoms with Crippen LogP contribution in [0.3, 0.4) is 0 Å². The van der Waals surface area contributed by atoms with Crippen molar-refractivity contribution >= 4 is 23.5 Å². The Balaban J connectivity index is 2.76. The first-order valence-corrected chi connectivity index (χ1v) is 6.82. The summed E-state index contributed by atoms with van der Waals surface area (Å²) in [5.41, 5.74) is 1.47. The van der Waals surface area contributed by atoms with E-state index in [0.717, 1.165) is 5.56 Å². The van der Waals surface area contributed by atoms with Crippen molar-refractivity contribution in [2.45, 2.75) is 11.5 Å². The molecule has 84 valence electrons. The Hall–Kier alpha value is -0.290. The molecule has 0 saturated heterocycles. The molecular weight excluding hydrogens is 293 g/mol. The standard InChI is InChI=1S/C8H8BrF2O3P/c9-5-7-1-3-8(4-2-7)6-15(12,13-10)14-11/h1-4H,5-6H2. The van der Waals surface area contributed by atoms with E-state index in [4.69, 9.17) is 0 Å². The number of alkyl halides is 1. The molecule has 0 aliphatic heterocycles. The summed E-state index contributed by atoms with van der Waals surface area (Å²) in [6.07, 6.45) is -0.442. The van der Waals surface area contributed by atoms with Gasteiger partial charge in [0.2, 0.25) is 0 Å². The Labute approximate surface area is 93.9 Å². The molecule has 0 bridgehead atoms. The van der Waals surface area contributed by atoms with Crippen LogP contribution in [0.1, 0.15) is 11.1 Å². The van der Waals surface area contributed by atoms with Crippen molar-refractivity contribution < 1.29 is 23.1 Å². The van der Waals surface area contributed by atoms with Gasteiger partial charge in [-0.05, 0) is 20.2 Å². The molecule has 0 atom stereocenters. The zero-order chi connectivity index (χ0) is 11.3. The highest BCUT2D eigenvalue weighted by Crippen LogP contribution is 2.52. The number of halogens is 3. The van der Waals surface area contributed by atoms with Crippen LogP contribution in [0.4, 0.5) is 9.05 Å². The molecule has 0 saturated carbocycles. The molecule has 0 radical (unpaired) electrons. The molecule has 0 unspecified atom stereocenters. The van der Waals surface area contributed by atoms with Crippen LogP contribution < -0.4 is 0 Å². The van der Waals surface area contributed by atoms with Gasteiger partial charge in [-0.15, -0.1) is 9.46 Å². The second kappa shape index (κ2) is 5.70. The second-order valence-corrected chi connectivity index (χ2v) is 5.23. The van der Waals surface area contributed by atoms with Crippen LogP contribution in [0.25, 0.3) is 0 Å². The first-order chi connectivity index (χ1) is 7.13. The minimum atomic E-state index is -4.27. The Morgan fingerprint density at radius 1 is 1.13 bits per heavy atom. The van der Waals surface area contributed by atoms with Crippen molar-refractivity contribution in [3.8, 4) is 0 Å². The second-order valence-electron chi connectivity index (χ2n) is 2.86. The van der Waals surface area contributed by atoms with Gasteiger partial charge in [-0.3, -0.25) is 4.57 Å². The minimum absolute atomic E-state index is 0.442. The SMILES string of the molecule is O=P(Cc1ccc(CBr)cc1)(OF)OF. The van der Waals surface area contributed by atoms with Crippen LogP contribution in [-0.2, 0) is 25.5 Å². The molecule has 0 heterocycles. The Morgan fingerprint density at radius 2 is 1.60 bits per heavy atom. The summed E-state index contributed by atoms with van der Waals surface area (Å²) in [5.74, 6) is 0. The lowest BCUT2D eigenvalue weighted by atomic mass is 10.2. The predicted octanol–water partition coefficient (Wildman–Crippen LogP) is 4.08. The highest BCUT2D eigenvalue weighted by molar-refractivity contribution is 9.08. The van der Waals surface area contributed by atoms with E-state index in [1.54, 1.807) is 24.3 Å². The fourth-order valence-corrected chi connectivity index (χ4v) is 2.17. The van der Waals surface area contributed by atoms with Gasteiger partial charge < -0.3 is 0 Å². The lowest BCUT2D eigenvalue weighted by molar-refractivity contribution is -0.0881. The van der Waals surface area contributed by atoms with E-state index in [1.165, 1.54) is 0 Å². The zero-order valence-corrected chi connectivity index (χ0v) is 10.0. The summed E-state index contributed by atoms with van der Waals surface area (Å²) < 4.78 is 40.5. The normalized spacial score (nSPS) is 11.7. The Bertz CT molecular complexity index is 349. The van der Waals surface area contributed by atoms with E-state index < -0.39 is 13.8 Å². The van der Waals surface area contributed by atoms with Gasteiger partial charge in [-0.25, -0.2) is 0 Å². The molecule has 0 aliphatic rings. The van der Waals surface area contributed by atoms with Crippen LogP contribution in [0.5, 0.6) is 0 Å². The van der Waals surface area contributed by atoms with Crippen LogP contribution in [0.2, 0.25) is 0 Å². The smallest absolute Gasteiger partial charge is 0.254 e. The van der Waals surface area contributed by atoms with E-state index in [2.05, 4.69) is 25.4 Å². The lowest BCUT2D eigenvalue weighted by Gasteiger charge is -2.07. The van der Waals surface area contributed by atoms with Crippen LogP contribution in [0, 0.1) is 0 Å². The summed E-state index contributed by atoms with van der Waals surface area (Å²) in [5, 5.41) is 0.671. The molecule has 0 amide bonds. The molecule has 0 spiro atoms. The largest absolute Gasteiger partial charge is 0.399 e. The molecule has 0 fully saturated rings. The minimum Gasteiger partial charge on any atom is -0.254 e. The molecule has 1 aromatic rings. The Kier molecular flexibility index (Phi) is 4.86. The van der Waals surface area contributed by atoms with Gasteiger partial charge in [-0.1, -0.05) is 40.2 Å². The monoisotopic (exact) mass is 300 g/mol. The third-order valence-electron chi connectivity index (χ3n) is 1.76. The molecule has 0 aliphatic carbocycles. The third-order valence-corrected chi connectivity index (χ3v) is 3.58. The van der Waals surface area contributed by atoms with Gasteiger partial charge in [0.05, 0.1) is 6.16 Å². The zero-order valence-electron chi connectivity index (χ0n) is 7.53. The van der Waals surface area contributed by atoms with E-state index >= 15 is 0 Å². The van der Waals surface area contributed by atoms with Gasteiger partial charge in [0.1, 0.15) is 0 Å². The third kappa shape index (κ3) is 3.65. The van der Waals surface area contributed by atoms with Gasteiger partial charge in [0.25, 0.3) is 0 Å². The van der Waals surface area contributed by atoms with Gasteiger partial charge in [-0.2, -0.15) is 0 Å². The maximum absolute atomic E-state index is 11.7. The number of hydrogen-bond acceptors (Lipinski definition) is 3. The van der Waals surface area contributed by atoms with Crippen LogP contribution in [-0.4, -0.2) is 0 Å². The first kappa shape index (κ1) is 12.8. The summed E-state index contributed by atoms with van der Waals surface area (Å²) in [6.45, 7) is 0. The van der Waals surface area contributed by atoms with E-state index in [1.807, 2.05) is 0 Å². The average molecular weight is 301 g/mol. The van der Waals surface area contributed by atoms with E-state index in [0.29, 0.717) is 10.9 Å². The fourth-order valence-electron chi connectivity index (χ4n) is 1.02. The molecule has 0 aromatic heterocycles. The predicted molar refractivity (Wildman–Crippen MR) is 54.8 cm³/mol. The summed E-state index contributed by atoms with van der Waals surface area (Å²) in [6, 6.07) is 6.68. The maximum atomic E-state index is 11.7. The topological polar surface area (TPSA) is 35.5 Å². The number of benzene rings is 1. The quantitative estimate of drug-likeness (QED) is 0.607. The summed E-state index contributed by atoms with van der Waals surface area (Å²) >= 11 is 3.25. The highest BCUT2D eigenvalue weighted by Gasteiger charge is 2.27. The van der Waals surface area contributed by atoms with Crippen molar-refractivity contribution in [3.05, 3.63) is 35.4 Å².